The molecule has 39 heavy (non-hydrogen) atoms. The van der Waals surface area contributed by atoms with Crippen molar-refractivity contribution in [3.8, 4) is 16.8 Å². The number of nitrogens with one attached hydrogen (secondary N) is 1. The predicted molar refractivity (Wildman–Crippen MR) is 146 cm³/mol. The first-order valence-corrected chi connectivity index (χ1v) is 12.7. The van der Waals surface area contributed by atoms with Gasteiger partial charge in [0.05, 0.1) is 28.9 Å². The topological polar surface area (TPSA) is 70.4 Å². The third kappa shape index (κ3) is 4.64. The lowest BCUT2D eigenvalue weighted by Gasteiger charge is -2.32. The molecule has 198 valence electrons. The molecule has 9 heteroatoms. The van der Waals surface area contributed by atoms with E-state index in [0.29, 0.717) is 48.0 Å². The smallest absolute Gasteiger partial charge is 0.392 e. The van der Waals surface area contributed by atoms with E-state index in [1.54, 1.807) is 23.2 Å². The van der Waals surface area contributed by atoms with Gasteiger partial charge >= 0.3 is 6.18 Å². The number of halogens is 3. The molecule has 6 rings (SSSR count). The van der Waals surface area contributed by atoms with Crippen LogP contribution in [0.1, 0.15) is 11.1 Å². The Balaban J connectivity index is 1.58. The molecule has 1 fully saturated rings. The second kappa shape index (κ2) is 9.83. The molecule has 0 atom stereocenters. The summed E-state index contributed by atoms with van der Waals surface area (Å²) in [6.45, 7) is 2.08. The normalized spacial score (nSPS) is 14.3. The monoisotopic (exact) mass is 530 g/mol. The number of hydrogen-bond acceptors (Lipinski definition) is 5. The van der Waals surface area contributed by atoms with Crippen molar-refractivity contribution in [3.63, 3.8) is 0 Å². The molecule has 6 nitrogen and oxygen atoms in total. The molecule has 0 radical (unpaired) electrons. The number of aromatic nitrogens is 2. The number of anilines is 1. The average molecular weight is 531 g/mol. The molecule has 1 aliphatic heterocycles. The predicted octanol–water partition coefficient (Wildman–Crippen LogP) is 5.13. The standard InChI is InChI=1S/C30H25F3N4O2/c31-30(32,33)25-16-23(7-9-27(25)36-13-11-34-12-14-36)37-28(39)10-6-22-17-35-26-8-5-21(15-24(26)29(22)37)20-3-1-19(18-38)2-4-20/h1-10,15-17,34,38H,11-14,18H2. The first kappa shape index (κ1) is 25.1. The number of alkyl halides is 3. The Morgan fingerprint density at radius 3 is 2.36 bits per heavy atom. The molecule has 3 heterocycles. The van der Waals surface area contributed by atoms with Gasteiger partial charge in [0.25, 0.3) is 5.56 Å². The molecule has 5 aromatic rings. The first-order valence-electron chi connectivity index (χ1n) is 12.7. The Hall–Kier alpha value is -4.21. The first-order chi connectivity index (χ1) is 18.8. The fraction of sp³-hybridized carbons (Fsp3) is 0.200. The Kier molecular flexibility index (Phi) is 6.32. The minimum Gasteiger partial charge on any atom is -0.392 e. The van der Waals surface area contributed by atoms with Crippen LogP contribution in [0.3, 0.4) is 0 Å². The summed E-state index contributed by atoms with van der Waals surface area (Å²) in [5.41, 5.74) is 2.69. The van der Waals surface area contributed by atoms with Crippen molar-refractivity contribution in [3.05, 3.63) is 100 Å². The summed E-state index contributed by atoms with van der Waals surface area (Å²) in [4.78, 5) is 19.5. The van der Waals surface area contributed by atoms with E-state index in [1.807, 2.05) is 42.5 Å². The van der Waals surface area contributed by atoms with Crippen LogP contribution in [-0.4, -0.2) is 40.8 Å². The van der Waals surface area contributed by atoms with Crippen LogP contribution in [0.2, 0.25) is 0 Å². The van der Waals surface area contributed by atoms with E-state index in [4.69, 9.17) is 0 Å². The second-order valence-electron chi connectivity index (χ2n) is 9.59. The van der Waals surface area contributed by atoms with Crippen molar-refractivity contribution in [1.29, 1.82) is 0 Å². The highest BCUT2D eigenvalue weighted by molar-refractivity contribution is 6.05. The second-order valence-corrected chi connectivity index (χ2v) is 9.59. The van der Waals surface area contributed by atoms with E-state index in [-0.39, 0.29) is 18.0 Å². The third-order valence-electron chi connectivity index (χ3n) is 7.19. The van der Waals surface area contributed by atoms with Gasteiger partial charge in [-0.2, -0.15) is 13.2 Å². The van der Waals surface area contributed by atoms with Crippen molar-refractivity contribution in [2.45, 2.75) is 12.8 Å². The maximum absolute atomic E-state index is 14.3. The third-order valence-corrected chi connectivity index (χ3v) is 7.19. The summed E-state index contributed by atoms with van der Waals surface area (Å²) in [6.07, 6.45) is -2.97. The van der Waals surface area contributed by atoms with Crippen LogP contribution >= 0.6 is 0 Å². The van der Waals surface area contributed by atoms with Gasteiger partial charge in [0.1, 0.15) is 0 Å². The van der Waals surface area contributed by atoms with Gasteiger partial charge < -0.3 is 15.3 Å². The molecule has 0 aliphatic carbocycles. The van der Waals surface area contributed by atoms with Gasteiger partial charge in [0.2, 0.25) is 0 Å². The van der Waals surface area contributed by atoms with Gasteiger partial charge in [-0.1, -0.05) is 30.3 Å². The molecule has 3 aromatic carbocycles. The lowest BCUT2D eigenvalue weighted by molar-refractivity contribution is -0.137. The van der Waals surface area contributed by atoms with E-state index in [9.17, 15) is 23.1 Å². The Morgan fingerprint density at radius 2 is 1.64 bits per heavy atom. The molecular weight excluding hydrogens is 505 g/mol. The van der Waals surface area contributed by atoms with Crippen molar-refractivity contribution in [2.24, 2.45) is 0 Å². The summed E-state index contributed by atoms with van der Waals surface area (Å²) < 4.78 is 44.3. The lowest BCUT2D eigenvalue weighted by Crippen LogP contribution is -2.44. The minimum atomic E-state index is -4.60. The number of aliphatic hydroxyl groups excluding tert-OH is 1. The molecule has 0 amide bonds. The van der Waals surface area contributed by atoms with Gasteiger partial charge in [-0.15, -0.1) is 0 Å². The molecule has 1 saturated heterocycles. The van der Waals surface area contributed by atoms with Crippen molar-refractivity contribution in [1.82, 2.24) is 14.9 Å². The van der Waals surface area contributed by atoms with Crippen LogP contribution in [0.5, 0.6) is 0 Å². The minimum absolute atomic E-state index is 0.0633. The van der Waals surface area contributed by atoms with E-state index < -0.39 is 17.3 Å². The van der Waals surface area contributed by atoms with E-state index in [1.165, 1.54) is 16.7 Å². The van der Waals surface area contributed by atoms with Gasteiger partial charge in [-0.25, -0.2) is 0 Å². The molecule has 0 bridgehead atoms. The molecule has 0 spiro atoms. The van der Waals surface area contributed by atoms with E-state index in [2.05, 4.69) is 10.3 Å². The zero-order valence-corrected chi connectivity index (χ0v) is 20.9. The van der Waals surface area contributed by atoms with Crippen LogP contribution in [0.15, 0.2) is 83.8 Å². The number of benzene rings is 3. The highest BCUT2D eigenvalue weighted by Crippen LogP contribution is 2.39. The number of pyridine rings is 2. The van der Waals surface area contributed by atoms with Crippen LogP contribution < -0.4 is 15.8 Å². The van der Waals surface area contributed by atoms with Crippen LogP contribution in [0.4, 0.5) is 18.9 Å². The highest BCUT2D eigenvalue weighted by Gasteiger charge is 2.36. The van der Waals surface area contributed by atoms with Crippen molar-refractivity contribution >= 4 is 27.5 Å². The van der Waals surface area contributed by atoms with Gasteiger partial charge in [-0.05, 0) is 53.1 Å². The number of rotatable bonds is 4. The average Bonchev–Trinajstić information content (AvgIpc) is 2.96. The summed E-state index contributed by atoms with van der Waals surface area (Å²) in [5, 5.41) is 13.8. The van der Waals surface area contributed by atoms with Crippen molar-refractivity contribution < 1.29 is 18.3 Å². The highest BCUT2D eigenvalue weighted by atomic mass is 19.4. The van der Waals surface area contributed by atoms with Crippen LogP contribution in [0.25, 0.3) is 38.6 Å². The SMILES string of the molecule is O=c1ccc2cnc3ccc(-c4ccc(CO)cc4)cc3c2n1-c1ccc(N2CCNCC2)c(C(F)(F)F)c1. The van der Waals surface area contributed by atoms with Crippen LogP contribution in [-0.2, 0) is 12.8 Å². The molecule has 0 unspecified atom stereocenters. The molecule has 2 aromatic heterocycles. The summed E-state index contributed by atoms with van der Waals surface area (Å²) in [7, 11) is 0. The van der Waals surface area contributed by atoms with E-state index in [0.717, 1.165) is 22.8 Å². The van der Waals surface area contributed by atoms with Crippen molar-refractivity contribution in [2.75, 3.05) is 31.1 Å². The Labute approximate surface area is 222 Å². The van der Waals surface area contributed by atoms with Crippen LogP contribution in [0, 0.1) is 0 Å². The van der Waals surface area contributed by atoms with Gasteiger partial charge in [0, 0.05) is 54.9 Å². The molecule has 1 aliphatic rings. The zero-order valence-electron chi connectivity index (χ0n) is 20.9. The summed E-state index contributed by atoms with van der Waals surface area (Å²) in [6, 6.07) is 20.2. The fourth-order valence-corrected chi connectivity index (χ4v) is 5.22. The quantitative estimate of drug-likeness (QED) is 0.316. The van der Waals surface area contributed by atoms with Gasteiger partial charge in [0.15, 0.2) is 0 Å². The largest absolute Gasteiger partial charge is 0.418 e. The Bertz CT molecular complexity index is 1740. The van der Waals surface area contributed by atoms with E-state index >= 15 is 0 Å². The number of nitrogens with zero attached hydrogens (tertiary/aromatic N) is 3. The Morgan fingerprint density at radius 1 is 0.897 bits per heavy atom. The maximum Gasteiger partial charge on any atom is 0.418 e. The molecule has 2 N–H and O–H groups in total. The van der Waals surface area contributed by atoms with Gasteiger partial charge in [-0.3, -0.25) is 14.3 Å². The maximum atomic E-state index is 14.3. The number of piperazine rings is 1. The summed E-state index contributed by atoms with van der Waals surface area (Å²) in [5.74, 6) is 0. The number of hydrogen-bond donors (Lipinski definition) is 2. The lowest BCUT2D eigenvalue weighted by atomic mass is 10.0. The zero-order chi connectivity index (χ0) is 27.1. The fourth-order valence-electron chi connectivity index (χ4n) is 5.22. The molecular formula is C30H25F3N4O2. The summed E-state index contributed by atoms with van der Waals surface area (Å²) >= 11 is 0. The molecule has 0 saturated carbocycles. The number of aliphatic hydroxyl groups is 1. The number of fused-ring (bicyclic) bond motifs is 3.